The van der Waals surface area contributed by atoms with Gasteiger partial charge in [-0.3, -0.25) is 9.59 Å². The number of nitrogens with one attached hydrogen (secondary N) is 1. The van der Waals surface area contributed by atoms with Crippen molar-refractivity contribution in [3.63, 3.8) is 0 Å². The average Bonchev–Trinajstić information content (AvgIpc) is 3.34. The van der Waals surface area contributed by atoms with Crippen LogP contribution >= 0.6 is 0 Å². The van der Waals surface area contributed by atoms with Gasteiger partial charge >= 0.3 is 0 Å². The lowest BCUT2D eigenvalue weighted by Crippen LogP contribution is -2.19. The van der Waals surface area contributed by atoms with Crippen molar-refractivity contribution >= 4 is 28.4 Å². The fourth-order valence-corrected chi connectivity index (χ4v) is 3.76. The Morgan fingerprint density at radius 1 is 0.935 bits per heavy atom. The smallest absolute Gasteiger partial charge is 0.291 e. The zero-order chi connectivity index (χ0) is 21.2. The summed E-state index contributed by atoms with van der Waals surface area (Å²) in [5.74, 6) is 0.358. The monoisotopic (exact) mass is 412 g/mol. The zero-order valence-corrected chi connectivity index (χ0v) is 16.7. The molecule has 1 aliphatic rings. The summed E-state index contributed by atoms with van der Waals surface area (Å²) in [6, 6.07) is 19.3. The minimum atomic E-state index is -0.490. The summed E-state index contributed by atoms with van der Waals surface area (Å²) in [4.78, 5) is 27.2. The SMILES string of the molecule is O=C(Nc1cccc(-c2ccc(N3CCCC3)nn2)c1)c1cc(=O)c2ccccc2o1. The number of para-hydroxylation sites is 1. The fourth-order valence-electron chi connectivity index (χ4n) is 3.76. The molecule has 2 aromatic carbocycles. The molecule has 0 radical (unpaired) electrons. The molecule has 154 valence electrons. The van der Waals surface area contributed by atoms with Crippen LogP contribution in [0.3, 0.4) is 0 Å². The molecular formula is C24H20N4O3. The van der Waals surface area contributed by atoms with Gasteiger partial charge < -0.3 is 14.6 Å². The first-order chi connectivity index (χ1) is 15.2. The summed E-state index contributed by atoms with van der Waals surface area (Å²) in [5, 5.41) is 11.9. The van der Waals surface area contributed by atoms with Gasteiger partial charge in [0.1, 0.15) is 5.58 Å². The molecule has 0 unspecified atom stereocenters. The Morgan fingerprint density at radius 3 is 2.58 bits per heavy atom. The molecule has 1 N–H and O–H groups in total. The van der Waals surface area contributed by atoms with Crippen molar-refractivity contribution in [2.45, 2.75) is 12.8 Å². The molecule has 1 saturated heterocycles. The lowest BCUT2D eigenvalue weighted by molar-refractivity contribution is 0.0997. The molecule has 5 rings (SSSR count). The molecule has 7 nitrogen and oxygen atoms in total. The summed E-state index contributed by atoms with van der Waals surface area (Å²) < 4.78 is 5.61. The predicted octanol–water partition coefficient (Wildman–Crippen LogP) is 4.10. The van der Waals surface area contributed by atoms with Gasteiger partial charge in [0.05, 0.1) is 11.1 Å². The van der Waals surface area contributed by atoms with Crippen LogP contribution in [0.1, 0.15) is 23.4 Å². The number of hydrogen-bond acceptors (Lipinski definition) is 6. The first-order valence-electron chi connectivity index (χ1n) is 10.2. The standard InChI is InChI=1S/C24H20N4O3/c29-20-15-22(31-21-9-2-1-8-18(20)21)24(30)25-17-7-5-6-16(14-17)19-10-11-23(27-26-19)28-12-3-4-13-28/h1-2,5-11,14-15H,3-4,12-13H2,(H,25,30). The van der Waals surface area contributed by atoms with E-state index in [9.17, 15) is 9.59 Å². The maximum Gasteiger partial charge on any atom is 0.291 e. The highest BCUT2D eigenvalue weighted by molar-refractivity contribution is 6.03. The molecule has 0 atom stereocenters. The lowest BCUT2D eigenvalue weighted by Gasteiger charge is -2.15. The van der Waals surface area contributed by atoms with Gasteiger partial charge in [0.25, 0.3) is 5.91 Å². The molecule has 1 amide bonds. The Hall–Kier alpha value is -4.00. The quantitative estimate of drug-likeness (QED) is 0.543. The highest BCUT2D eigenvalue weighted by Gasteiger charge is 2.15. The molecule has 1 aliphatic heterocycles. The van der Waals surface area contributed by atoms with Gasteiger partial charge in [0.2, 0.25) is 0 Å². The number of anilines is 2. The fraction of sp³-hybridized carbons (Fsp3) is 0.167. The van der Waals surface area contributed by atoms with Crippen LogP contribution in [0, 0.1) is 0 Å². The Bertz CT molecular complexity index is 1310. The topological polar surface area (TPSA) is 88.3 Å². The van der Waals surface area contributed by atoms with Crippen LogP contribution in [0.25, 0.3) is 22.2 Å². The molecule has 7 heteroatoms. The second-order valence-corrected chi connectivity index (χ2v) is 7.48. The van der Waals surface area contributed by atoms with E-state index in [1.807, 2.05) is 30.3 Å². The number of benzene rings is 2. The van der Waals surface area contributed by atoms with E-state index in [1.165, 1.54) is 18.9 Å². The average molecular weight is 412 g/mol. The molecular weight excluding hydrogens is 392 g/mol. The van der Waals surface area contributed by atoms with Gasteiger partial charge in [0.15, 0.2) is 17.0 Å². The van der Waals surface area contributed by atoms with Gasteiger partial charge in [-0.2, -0.15) is 0 Å². The largest absolute Gasteiger partial charge is 0.451 e. The summed E-state index contributed by atoms with van der Waals surface area (Å²) in [5.41, 5.74) is 2.25. The van der Waals surface area contributed by atoms with E-state index >= 15 is 0 Å². The molecule has 0 bridgehead atoms. The summed E-state index contributed by atoms with van der Waals surface area (Å²) >= 11 is 0. The number of hydrogen-bond donors (Lipinski definition) is 1. The Labute approximate surface area is 178 Å². The van der Waals surface area contributed by atoms with Gasteiger partial charge in [-0.05, 0) is 49.2 Å². The molecule has 2 aromatic heterocycles. The van der Waals surface area contributed by atoms with Gasteiger partial charge in [-0.25, -0.2) is 0 Å². The minimum Gasteiger partial charge on any atom is -0.451 e. The van der Waals surface area contributed by atoms with Gasteiger partial charge in [-0.15, -0.1) is 10.2 Å². The van der Waals surface area contributed by atoms with Crippen molar-refractivity contribution in [3.05, 3.63) is 82.7 Å². The van der Waals surface area contributed by atoms with E-state index in [-0.39, 0.29) is 11.2 Å². The van der Waals surface area contributed by atoms with E-state index in [0.29, 0.717) is 16.7 Å². The number of amides is 1. The molecule has 0 aliphatic carbocycles. The van der Waals surface area contributed by atoms with Crippen molar-refractivity contribution in [1.29, 1.82) is 0 Å². The van der Waals surface area contributed by atoms with Gasteiger partial charge in [0, 0.05) is 30.4 Å². The second kappa shape index (κ2) is 8.02. The number of nitrogens with zero attached hydrogens (tertiary/aromatic N) is 3. The van der Waals surface area contributed by atoms with Crippen LogP contribution in [-0.2, 0) is 0 Å². The van der Waals surface area contributed by atoms with E-state index in [1.54, 1.807) is 30.3 Å². The van der Waals surface area contributed by atoms with Crippen molar-refractivity contribution in [3.8, 4) is 11.3 Å². The van der Waals surface area contributed by atoms with Crippen molar-refractivity contribution in [1.82, 2.24) is 10.2 Å². The first kappa shape index (κ1) is 19.0. The third-order valence-corrected chi connectivity index (χ3v) is 5.36. The van der Waals surface area contributed by atoms with Crippen molar-refractivity contribution in [2.75, 3.05) is 23.3 Å². The van der Waals surface area contributed by atoms with Crippen molar-refractivity contribution in [2.24, 2.45) is 0 Å². The van der Waals surface area contributed by atoms with Crippen LogP contribution in [0.5, 0.6) is 0 Å². The highest BCUT2D eigenvalue weighted by atomic mass is 16.3. The Morgan fingerprint density at radius 2 is 1.77 bits per heavy atom. The zero-order valence-electron chi connectivity index (χ0n) is 16.7. The van der Waals surface area contributed by atoms with Crippen LogP contribution in [-0.4, -0.2) is 29.2 Å². The summed E-state index contributed by atoms with van der Waals surface area (Å²) in [6.07, 6.45) is 2.37. The minimum absolute atomic E-state index is 0.0381. The number of carbonyl (C=O) groups is 1. The normalized spacial score (nSPS) is 13.5. The number of aromatic nitrogens is 2. The van der Waals surface area contributed by atoms with E-state index < -0.39 is 5.91 Å². The maximum absolute atomic E-state index is 12.7. The maximum atomic E-state index is 12.7. The van der Waals surface area contributed by atoms with Crippen LogP contribution in [0.15, 0.2) is 75.9 Å². The van der Waals surface area contributed by atoms with Gasteiger partial charge in [-0.1, -0.05) is 24.3 Å². The lowest BCUT2D eigenvalue weighted by atomic mass is 10.1. The van der Waals surface area contributed by atoms with E-state index in [0.717, 1.165) is 30.2 Å². The third-order valence-electron chi connectivity index (χ3n) is 5.36. The molecule has 1 fully saturated rings. The molecule has 0 saturated carbocycles. The van der Waals surface area contributed by atoms with Crippen LogP contribution in [0.4, 0.5) is 11.5 Å². The van der Waals surface area contributed by atoms with E-state index in [4.69, 9.17) is 4.42 Å². The number of fused-ring (bicyclic) bond motifs is 1. The molecule has 0 spiro atoms. The Balaban J connectivity index is 1.37. The summed E-state index contributed by atoms with van der Waals surface area (Å²) in [7, 11) is 0. The third kappa shape index (κ3) is 3.90. The van der Waals surface area contributed by atoms with E-state index in [2.05, 4.69) is 20.4 Å². The molecule has 31 heavy (non-hydrogen) atoms. The predicted molar refractivity (Wildman–Crippen MR) is 119 cm³/mol. The molecule has 3 heterocycles. The van der Waals surface area contributed by atoms with Crippen LogP contribution < -0.4 is 15.6 Å². The number of rotatable bonds is 4. The molecule has 4 aromatic rings. The Kier molecular flexibility index (Phi) is 4.92. The first-order valence-corrected chi connectivity index (χ1v) is 10.2. The highest BCUT2D eigenvalue weighted by Crippen LogP contribution is 2.23. The van der Waals surface area contributed by atoms with Crippen molar-refractivity contribution < 1.29 is 9.21 Å². The number of carbonyl (C=O) groups excluding carboxylic acids is 1. The van der Waals surface area contributed by atoms with Crippen LogP contribution in [0.2, 0.25) is 0 Å². The second-order valence-electron chi connectivity index (χ2n) is 7.48. The summed E-state index contributed by atoms with van der Waals surface area (Å²) in [6.45, 7) is 2.03.